The Hall–Kier alpha value is -7.04. The molecular weight excluding hydrogens is 669 g/mol. The van der Waals surface area contributed by atoms with Crippen molar-refractivity contribution in [3.63, 3.8) is 0 Å². The third-order valence-corrected chi connectivity index (χ3v) is 11.5. The van der Waals surface area contributed by atoms with Gasteiger partial charge in [0, 0.05) is 41.2 Å². The fraction of sp³-hybridized carbons (Fsp3) is 0.0588. The van der Waals surface area contributed by atoms with Gasteiger partial charge in [0.2, 0.25) is 0 Å². The molecule has 4 heterocycles. The Kier molecular flexibility index (Phi) is 7.17. The summed E-state index contributed by atoms with van der Waals surface area (Å²) in [7, 11) is 2.17. The van der Waals surface area contributed by atoms with Crippen molar-refractivity contribution in [1.82, 2.24) is 14.8 Å². The molecule has 0 fully saturated rings. The van der Waals surface area contributed by atoms with Crippen molar-refractivity contribution in [1.29, 1.82) is 0 Å². The minimum absolute atomic E-state index is 0.212. The zero-order valence-corrected chi connectivity index (χ0v) is 30.5. The van der Waals surface area contributed by atoms with Crippen molar-refractivity contribution in [3.05, 3.63) is 205 Å². The zero-order chi connectivity index (χ0) is 36.5. The van der Waals surface area contributed by atoms with Gasteiger partial charge in [-0.3, -0.25) is 0 Å². The SMILES string of the molecule is CN1CC=CC=C1C1=CC(c2ccc3ccccc3c2)=CC(N2c3ccccc3-c3ccccc3-c3c2ccc2c3c3ccccc3n2-c2ccccc2)N1. The van der Waals surface area contributed by atoms with E-state index in [4.69, 9.17) is 0 Å². The lowest BCUT2D eigenvalue weighted by atomic mass is 9.92. The van der Waals surface area contributed by atoms with Crippen molar-refractivity contribution in [2.24, 2.45) is 0 Å². The second-order valence-electron chi connectivity index (χ2n) is 14.7. The lowest BCUT2D eigenvalue weighted by Crippen LogP contribution is -2.45. The second-order valence-corrected chi connectivity index (χ2v) is 14.7. The molecule has 55 heavy (non-hydrogen) atoms. The fourth-order valence-electron chi connectivity index (χ4n) is 9.01. The molecule has 4 nitrogen and oxygen atoms in total. The number of nitrogens with one attached hydrogen (secondary N) is 1. The van der Waals surface area contributed by atoms with Crippen LogP contribution in [-0.4, -0.2) is 29.2 Å². The number of allylic oxidation sites excluding steroid dienone is 4. The van der Waals surface area contributed by atoms with Gasteiger partial charge < -0.3 is 19.7 Å². The highest BCUT2D eigenvalue weighted by atomic mass is 15.3. The maximum absolute atomic E-state index is 4.07. The molecule has 1 unspecified atom stereocenters. The summed E-state index contributed by atoms with van der Waals surface area (Å²) in [5, 5.41) is 9.05. The number of benzene rings is 7. The number of rotatable bonds is 4. The Labute approximate surface area is 320 Å². The highest BCUT2D eigenvalue weighted by molar-refractivity contribution is 6.21. The van der Waals surface area contributed by atoms with Crippen molar-refractivity contribution < 1.29 is 0 Å². The van der Waals surface area contributed by atoms with E-state index in [0.717, 1.165) is 17.9 Å². The van der Waals surface area contributed by atoms with E-state index in [1.807, 2.05) is 0 Å². The van der Waals surface area contributed by atoms with Crippen LogP contribution in [0.15, 0.2) is 199 Å². The first-order chi connectivity index (χ1) is 27.2. The zero-order valence-electron chi connectivity index (χ0n) is 30.5. The first kappa shape index (κ1) is 31.5. The van der Waals surface area contributed by atoms with E-state index in [9.17, 15) is 0 Å². The van der Waals surface area contributed by atoms with E-state index < -0.39 is 0 Å². The van der Waals surface area contributed by atoms with Crippen molar-refractivity contribution in [2.45, 2.75) is 6.17 Å². The topological polar surface area (TPSA) is 23.4 Å². The minimum Gasteiger partial charge on any atom is -0.369 e. The van der Waals surface area contributed by atoms with Crippen LogP contribution in [0.5, 0.6) is 0 Å². The van der Waals surface area contributed by atoms with Gasteiger partial charge in [0.05, 0.1) is 33.8 Å². The van der Waals surface area contributed by atoms with Crippen LogP contribution in [0.1, 0.15) is 5.56 Å². The molecule has 11 rings (SSSR count). The molecule has 0 saturated heterocycles. The molecule has 7 aromatic carbocycles. The standard InChI is InChI=1S/C51H38N4/c1-53-30-14-13-25-46(53)43-32-37(36-27-26-34-15-5-6-16-35(34)31-36)33-49(52-43)55-44-23-11-9-20-40(44)39-19-7-8-21-41(39)50-48(55)29-28-47-51(50)42-22-10-12-24-45(42)54(47)38-17-3-2-4-18-38/h2-29,31-33,49,52H,30H2,1H3. The number of hydrogen-bond acceptors (Lipinski definition) is 3. The molecule has 0 radical (unpaired) electrons. The third kappa shape index (κ3) is 4.99. The van der Waals surface area contributed by atoms with E-state index in [1.165, 1.54) is 83.0 Å². The van der Waals surface area contributed by atoms with Gasteiger partial charge in [0.1, 0.15) is 6.17 Å². The molecule has 0 spiro atoms. The molecule has 1 atom stereocenters. The highest BCUT2D eigenvalue weighted by Crippen LogP contribution is 2.53. The van der Waals surface area contributed by atoms with Crippen molar-refractivity contribution in [3.8, 4) is 27.9 Å². The summed E-state index contributed by atoms with van der Waals surface area (Å²) in [4.78, 5) is 4.87. The molecule has 262 valence electrons. The summed E-state index contributed by atoms with van der Waals surface area (Å²) in [6, 6.07) is 57.7. The van der Waals surface area contributed by atoms with Gasteiger partial charge in [0.15, 0.2) is 0 Å². The molecule has 0 aliphatic carbocycles. The summed E-state index contributed by atoms with van der Waals surface area (Å²) in [5.41, 5.74) is 15.5. The number of para-hydroxylation sites is 3. The summed E-state index contributed by atoms with van der Waals surface area (Å²) < 4.78 is 2.42. The summed E-state index contributed by atoms with van der Waals surface area (Å²) in [6.45, 7) is 0.860. The van der Waals surface area contributed by atoms with Gasteiger partial charge >= 0.3 is 0 Å². The Morgan fingerprint density at radius 3 is 2.24 bits per heavy atom. The number of fused-ring (bicyclic) bond motifs is 10. The van der Waals surface area contributed by atoms with Crippen LogP contribution in [0, 0.1) is 0 Å². The average Bonchev–Trinajstić information content (AvgIpc) is 3.52. The van der Waals surface area contributed by atoms with Crippen LogP contribution in [0.3, 0.4) is 0 Å². The second kappa shape index (κ2) is 12.5. The third-order valence-electron chi connectivity index (χ3n) is 11.5. The number of nitrogens with zero attached hydrogens (tertiary/aromatic N) is 3. The lowest BCUT2D eigenvalue weighted by Gasteiger charge is -2.39. The van der Waals surface area contributed by atoms with Gasteiger partial charge in [-0.1, -0.05) is 127 Å². The first-order valence-electron chi connectivity index (χ1n) is 19.1. The van der Waals surface area contributed by atoms with Crippen LogP contribution >= 0.6 is 0 Å². The molecule has 0 bridgehead atoms. The predicted octanol–water partition coefficient (Wildman–Crippen LogP) is 12.0. The van der Waals surface area contributed by atoms with E-state index in [1.54, 1.807) is 0 Å². The van der Waals surface area contributed by atoms with E-state index in [-0.39, 0.29) is 6.17 Å². The number of aromatic nitrogens is 1. The average molecular weight is 707 g/mol. The fourth-order valence-corrected chi connectivity index (χ4v) is 9.01. The predicted molar refractivity (Wildman–Crippen MR) is 231 cm³/mol. The molecule has 0 amide bonds. The number of hydrogen-bond donors (Lipinski definition) is 1. The maximum atomic E-state index is 4.07. The van der Waals surface area contributed by atoms with Crippen LogP contribution in [0.4, 0.5) is 11.4 Å². The minimum atomic E-state index is -0.212. The Morgan fingerprint density at radius 2 is 1.36 bits per heavy atom. The first-order valence-corrected chi connectivity index (χ1v) is 19.1. The quantitative estimate of drug-likeness (QED) is 0.197. The van der Waals surface area contributed by atoms with Crippen molar-refractivity contribution in [2.75, 3.05) is 18.5 Å². The largest absolute Gasteiger partial charge is 0.369 e. The van der Waals surface area contributed by atoms with E-state index in [0.29, 0.717) is 0 Å². The number of anilines is 2. The summed E-state index contributed by atoms with van der Waals surface area (Å²) >= 11 is 0. The lowest BCUT2D eigenvalue weighted by molar-refractivity contribution is 0.454. The van der Waals surface area contributed by atoms with Crippen LogP contribution in [-0.2, 0) is 0 Å². The van der Waals surface area contributed by atoms with E-state index in [2.05, 4.69) is 215 Å². The van der Waals surface area contributed by atoms with Gasteiger partial charge in [-0.2, -0.15) is 0 Å². The Bertz CT molecular complexity index is 2960. The number of dihydropyridines is 1. The molecule has 0 saturated carbocycles. The van der Waals surface area contributed by atoms with Gasteiger partial charge in [-0.25, -0.2) is 0 Å². The number of likely N-dealkylation sites (N-methyl/N-ethyl adjacent to an activating group) is 1. The molecule has 3 aliphatic heterocycles. The maximum Gasteiger partial charge on any atom is 0.124 e. The van der Waals surface area contributed by atoms with Crippen LogP contribution in [0.2, 0.25) is 0 Å². The normalized spacial score (nSPS) is 16.2. The van der Waals surface area contributed by atoms with Gasteiger partial charge in [-0.15, -0.1) is 0 Å². The van der Waals surface area contributed by atoms with Gasteiger partial charge in [-0.05, 0) is 93.7 Å². The molecule has 1 N–H and O–H groups in total. The molecule has 8 aromatic rings. The molecule has 3 aliphatic rings. The smallest absolute Gasteiger partial charge is 0.124 e. The highest BCUT2D eigenvalue weighted by Gasteiger charge is 2.34. The molecular formula is C51H38N4. The molecule has 1 aromatic heterocycles. The summed E-state index contributed by atoms with van der Waals surface area (Å²) in [6.07, 6.45) is 11.1. The van der Waals surface area contributed by atoms with Crippen molar-refractivity contribution >= 4 is 49.5 Å². The molecule has 4 heteroatoms. The Morgan fingerprint density at radius 1 is 0.618 bits per heavy atom. The Balaban J connectivity index is 1.21. The monoisotopic (exact) mass is 706 g/mol. The van der Waals surface area contributed by atoms with Gasteiger partial charge in [0.25, 0.3) is 0 Å². The van der Waals surface area contributed by atoms with Crippen LogP contribution < -0.4 is 10.2 Å². The van der Waals surface area contributed by atoms with Crippen LogP contribution in [0.25, 0.3) is 66.1 Å². The summed E-state index contributed by atoms with van der Waals surface area (Å²) in [5.74, 6) is 0. The van der Waals surface area contributed by atoms with E-state index >= 15 is 0 Å².